The summed E-state index contributed by atoms with van der Waals surface area (Å²) in [5.41, 5.74) is 0. The zero-order valence-electron chi connectivity index (χ0n) is 8.45. The van der Waals surface area contributed by atoms with Crippen LogP contribution in [0, 0.1) is 5.92 Å². The van der Waals surface area contributed by atoms with E-state index in [-0.39, 0.29) is 0 Å². The highest BCUT2D eigenvalue weighted by atomic mass is 35.5. The topological polar surface area (TPSA) is 47.0 Å². The van der Waals surface area contributed by atoms with Gasteiger partial charge in [-0.1, -0.05) is 11.6 Å². The van der Waals surface area contributed by atoms with Crippen molar-refractivity contribution in [2.24, 2.45) is 5.92 Å². The Labute approximate surface area is 94.0 Å². The lowest BCUT2D eigenvalue weighted by atomic mass is 9.99. The highest BCUT2D eigenvalue weighted by Gasteiger charge is 2.14. The number of nitrogens with zero attached hydrogens (tertiary/aromatic N) is 2. The van der Waals surface area contributed by atoms with Crippen molar-refractivity contribution in [3.8, 4) is 5.88 Å². The molecule has 1 aromatic heterocycles. The van der Waals surface area contributed by atoms with Crippen LogP contribution >= 0.6 is 11.6 Å². The van der Waals surface area contributed by atoms with Crippen molar-refractivity contribution in [3.05, 3.63) is 17.5 Å². The average Bonchev–Trinajstić information content (AvgIpc) is 2.29. The molecule has 0 saturated carbocycles. The molecule has 1 aliphatic heterocycles. The van der Waals surface area contributed by atoms with Crippen LogP contribution in [-0.4, -0.2) is 29.7 Å². The zero-order valence-corrected chi connectivity index (χ0v) is 9.20. The number of hydrogen-bond donors (Lipinski definition) is 1. The van der Waals surface area contributed by atoms with Gasteiger partial charge in [-0.25, -0.2) is 9.97 Å². The summed E-state index contributed by atoms with van der Waals surface area (Å²) >= 11 is 5.88. The van der Waals surface area contributed by atoms with E-state index in [1.54, 1.807) is 6.20 Å². The molecular weight excluding hydrogens is 214 g/mol. The first-order chi connectivity index (χ1) is 7.36. The average molecular weight is 228 g/mol. The second-order valence-corrected chi connectivity index (χ2v) is 4.09. The van der Waals surface area contributed by atoms with Gasteiger partial charge in [0.2, 0.25) is 5.88 Å². The summed E-state index contributed by atoms with van der Waals surface area (Å²) in [6.07, 6.45) is 5.31. The van der Waals surface area contributed by atoms with E-state index in [0.29, 0.717) is 23.4 Å². The lowest BCUT2D eigenvalue weighted by molar-refractivity contribution is 0.209. The normalized spacial score (nSPS) is 17.7. The molecule has 0 radical (unpaired) electrons. The van der Waals surface area contributed by atoms with Crippen LogP contribution in [0.1, 0.15) is 12.8 Å². The molecule has 2 heterocycles. The third kappa shape index (κ3) is 3.04. The van der Waals surface area contributed by atoms with Crippen LogP contribution in [0.5, 0.6) is 5.88 Å². The Balaban J connectivity index is 1.84. The molecule has 1 fully saturated rings. The molecule has 1 N–H and O–H groups in total. The molecule has 1 saturated heterocycles. The van der Waals surface area contributed by atoms with E-state index in [4.69, 9.17) is 16.3 Å². The molecule has 1 aromatic rings. The fourth-order valence-corrected chi connectivity index (χ4v) is 1.81. The third-order valence-corrected chi connectivity index (χ3v) is 2.81. The molecule has 0 atom stereocenters. The number of rotatable bonds is 3. The monoisotopic (exact) mass is 227 g/mol. The fourth-order valence-electron chi connectivity index (χ4n) is 1.65. The first-order valence-corrected chi connectivity index (χ1v) is 5.53. The van der Waals surface area contributed by atoms with Gasteiger partial charge in [0, 0.05) is 0 Å². The quantitative estimate of drug-likeness (QED) is 0.851. The number of ether oxygens (including phenoxy) is 1. The minimum Gasteiger partial charge on any atom is -0.476 e. The Morgan fingerprint density at radius 1 is 1.47 bits per heavy atom. The number of halogens is 1. The first-order valence-electron chi connectivity index (χ1n) is 5.15. The maximum Gasteiger partial charge on any atom is 0.235 e. The van der Waals surface area contributed by atoms with E-state index >= 15 is 0 Å². The van der Waals surface area contributed by atoms with Crippen molar-refractivity contribution < 1.29 is 4.74 Å². The summed E-state index contributed by atoms with van der Waals surface area (Å²) in [7, 11) is 0. The fraction of sp³-hybridized carbons (Fsp3) is 0.600. The Kier molecular flexibility index (Phi) is 3.75. The second kappa shape index (κ2) is 5.28. The number of aromatic nitrogens is 2. The van der Waals surface area contributed by atoms with Crippen molar-refractivity contribution in [3.63, 3.8) is 0 Å². The van der Waals surface area contributed by atoms with Crippen molar-refractivity contribution >= 4 is 11.6 Å². The number of hydrogen-bond acceptors (Lipinski definition) is 4. The lowest BCUT2D eigenvalue weighted by Crippen LogP contribution is -2.30. The summed E-state index contributed by atoms with van der Waals surface area (Å²) < 4.78 is 5.57. The van der Waals surface area contributed by atoms with Gasteiger partial charge in [0.15, 0.2) is 0 Å². The van der Waals surface area contributed by atoms with Gasteiger partial charge in [0.1, 0.15) is 11.3 Å². The maximum absolute atomic E-state index is 5.88. The van der Waals surface area contributed by atoms with Crippen LogP contribution in [0.25, 0.3) is 0 Å². The second-order valence-electron chi connectivity index (χ2n) is 3.68. The SMILES string of the molecule is Clc1cncnc1OCC1CCNCC1. The lowest BCUT2D eigenvalue weighted by Gasteiger charge is -2.22. The van der Waals surface area contributed by atoms with E-state index in [1.807, 2.05) is 0 Å². The highest BCUT2D eigenvalue weighted by Crippen LogP contribution is 2.20. The molecule has 0 unspecified atom stereocenters. The molecule has 0 aromatic carbocycles. The molecule has 0 amide bonds. The van der Waals surface area contributed by atoms with Crippen LogP contribution in [0.3, 0.4) is 0 Å². The van der Waals surface area contributed by atoms with Crippen LogP contribution < -0.4 is 10.1 Å². The minimum absolute atomic E-state index is 0.478. The third-order valence-electron chi connectivity index (χ3n) is 2.55. The summed E-state index contributed by atoms with van der Waals surface area (Å²) in [6.45, 7) is 2.84. The largest absolute Gasteiger partial charge is 0.476 e. The molecule has 4 nitrogen and oxygen atoms in total. The molecule has 82 valence electrons. The van der Waals surface area contributed by atoms with Gasteiger partial charge < -0.3 is 10.1 Å². The van der Waals surface area contributed by atoms with Gasteiger partial charge in [-0.3, -0.25) is 0 Å². The molecule has 0 bridgehead atoms. The number of nitrogens with one attached hydrogen (secondary N) is 1. The summed E-state index contributed by atoms with van der Waals surface area (Å²) in [6, 6.07) is 0. The van der Waals surface area contributed by atoms with E-state index in [1.165, 1.54) is 6.33 Å². The molecule has 2 rings (SSSR count). The highest BCUT2D eigenvalue weighted by molar-refractivity contribution is 6.31. The van der Waals surface area contributed by atoms with Gasteiger partial charge in [-0.2, -0.15) is 0 Å². The van der Waals surface area contributed by atoms with E-state index in [2.05, 4.69) is 15.3 Å². The zero-order chi connectivity index (χ0) is 10.5. The van der Waals surface area contributed by atoms with Crippen molar-refractivity contribution in [2.45, 2.75) is 12.8 Å². The minimum atomic E-state index is 0.478. The molecule has 15 heavy (non-hydrogen) atoms. The van der Waals surface area contributed by atoms with Crippen LogP contribution in [0.15, 0.2) is 12.5 Å². The maximum atomic E-state index is 5.88. The predicted molar refractivity (Wildman–Crippen MR) is 58.1 cm³/mol. The van der Waals surface area contributed by atoms with Crippen LogP contribution in [0.2, 0.25) is 5.02 Å². The van der Waals surface area contributed by atoms with E-state index in [0.717, 1.165) is 25.9 Å². The molecule has 0 aliphatic carbocycles. The van der Waals surface area contributed by atoms with Crippen molar-refractivity contribution in [2.75, 3.05) is 19.7 Å². The molecular formula is C10H14ClN3O. The Morgan fingerprint density at radius 3 is 3.00 bits per heavy atom. The molecule has 0 spiro atoms. The summed E-state index contributed by atoms with van der Waals surface area (Å²) in [4.78, 5) is 7.79. The smallest absolute Gasteiger partial charge is 0.235 e. The first kappa shape index (κ1) is 10.6. The van der Waals surface area contributed by atoms with E-state index in [9.17, 15) is 0 Å². The number of piperidine rings is 1. The van der Waals surface area contributed by atoms with Crippen LogP contribution in [0.4, 0.5) is 0 Å². The van der Waals surface area contributed by atoms with Crippen molar-refractivity contribution in [1.82, 2.24) is 15.3 Å². The van der Waals surface area contributed by atoms with Gasteiger partial charge in [0.05, 0.1) is 12.8 Å². The Hall–Kier alpha value is -0.870. The van der Waals surface area contributed by atoms with Gasteiger partial charge in [-0.05, 0) is 31.8 Å². The summed E-state index contributed by atoms with van der Waals surface area (Å²) in [5, 5.41) is 3.80. The van der Waals surface area contributed by atoms with Crippen molar-refractivity contribution in [1.29, 1.82) is 0 Å². The summed E-state index contributed by atoms with van der Waals surface area (Å²) in [5.74, 6) is 1.10. The Morgan fingerprint density at radius 2 is 2.27 bits per heavy atom. The molecule has 1 aliphatic rings. The standard InChI is InChI=1S/C10H14ClN3O/c11-9-5-13-7-14-10(9)15-6-8-1-3-12-4-2-8/h5,7-8,12H,1-4,6H2. The van der Waals surface area contributed by atoms with Gasteiger partial charge in [-0.15, -0.1) is 0 Å². The van der Waals surface area contributed by atoms with Gasteiger partial charge in [0.25, 0.3) is 0 Å². The molecule has 5 heteroatoms. The van der Waals surface area contributed by atoms with Crippen LogP contribution in [-0.2, 0) is 0 Å². The Bertz CT molecular complexity index is 315. The van der Waals surface area contributed by atoms with Gasteiger partial charge >= 0.3 is 0 Å². The van der Waals surface area contributed by atoms with E-state index < -0.39 is 0 Å². The predicted octanol–water partition coefficient (Wildman–Crippen LogP) is 1.51.